The lowest BCUT2D eigenvalue weighted by Gasteiger charge is -2.38. The fourth-order valence-electron chi connectivity index (χ4n) is 4.69. The summed E-state index contributed by atoms with van der Waals surface area (Å²) in [6.45, 7) is 3.62. The van der Waals surface area contributed by atoms with Gasteiger partial charge in [-0.25, -0.2) is 13.4 Å². The smallest absolute Gasteiger partial charge is 0.264 e. The Morgan fingerprint density at radius 2 is 2.06 bits per heavy atom. The average Bonchev–Trinajstić information content (AvgIpc) is 2.83. The molecule has 2 atom stereocenters. The molecule has 1 amide bonds. The van der Waals surface area contributed by atoms with Crippen LogP contribution in [0.3, 0.4) is 0 Å². The van der Waals surface area contributed by atoms with Gasteiger partial charge in [-0.1, -0.05) is 50.8 Å². The Bertz CT molecular complexity index is 1170. The number of sulfonamides is 1. The lowest BCUT2D eigenvalue weighted by molar-refractivity contribution is -0.123. The lowest BCUT2D eigenvalue weighted by atomic mass is 9.67. The number of carbonyl (C=O) groups is 1. The third-order valence-corrected chi connectivity index (χ3v) is 9.05. The maximum atomic E-state index is 13.5. The van der Waals surface area contributed by atoms with E-state index < -0.39 is 16.1 Å². The van der Waals surface area contributed by atoms with Gasteiger partial charge in [0.25, 0.3) is 10.0 Å². The number of hydrogen-bond donors (Lipinski definition) is 2. The second-order valence-corrected chi connectivity index (χ2v) is 11.7. The van der Waals surface area contributed by atoms with Crippen molar-refractivity contribution in [3.63, 3.8) is 0 Å². The summed E-state index contributed by atoms with van der Waals surface area (Å²) in [7, 11) is -4.02. The van der Waals surface area contributed by atoms with Crippen molar-refractivity contribution in [1.82, 2.24) is 4.98 Å². The van der Waals surface area contributed by atoms with Gasteiger partial charge in [0.2, 0.25) is 11.8 Å². The molecule has 8 nitrogen and oxygen atoms in total. The van der Waals surface area contributed by atoms with Crippen LogP contribution in [0.1, 0.15) is 46.0 Å². The van der Waals surface area contributed by atoms with E-state index in [9.17, 15) is 18.3 Å². The van der Waals surface area contributed by atoms with E-state index >= 15 is 0 Å². The summed E-state index contributed by atoms with van der Waals surface area (Å²) in [6.07, 6.45) is 6.11. The third kappa shape index (κ3) is 4.87. The normalized spacial score (nSPS) is 20.7. The van der Waals surface area contributed by atoms with Crippen molar-refractivity contribution in [2.45, 2.75) is 57.0 Å². The standard InChI is InChI=1S/C24H30ClN3O5S/c1-16(24(2)9-4-3-5-10-24)22(30)27-18-12-21-23(26-13-18)33-19(15-29)14-28(21)34(31,32)20-8-6-7-17(25)11-20/h6-8,11-13,16,19,29H,3-5,9-10,14-15H2,1-2H3,(H,27,30). The number of anilines is 2. The first-order chi connectivity index (χ1) is 16.1. The minimum atomic E-state index is -4.02. The molecular weight excluding hydrogens is 478 g/mol. The first-order valence-corrected chi connectivity index (χ1v) is 13.3. The summed E-state index contributed by atoms with van der Waals surface area (Å²) in [4.78, 5) is 17.3. The van der Waals surface area contributed by atoms with Crippen molar-refractivity contribution in [3.8, 4) is 5.88 Å². The Labute approximate surface area is 205 Å². The SMILES string of the molecule is CC(C(=O)Nc1cnc2c(c1)N(S(=O)(=O)c1cccc(Cl)c1)CC(CO)O2)C1(C)CCCCC1. The van der Waals surface area contributed by atoms with Gasteiger partial charge in [-0.2, -0.15) is 0 Å². The first kappa shape index (κ1) is 24.8. The average molecular weight is 508 g/mol. The van der Waals surface area contributed by atoms with Gasteiger partial charge in [0.05, 0.1) is 29.9 Å². The molecule has 1 aliphatic heterocycles. The van der Waals surface area contributed by atoms with E-state index in [-0.39, 0.29) is 51.9 Å². The molecule has 34 heavy (non-hydrogen) atoms. The first-order valence-electron chi connectivity index (χ1n) is 11.5. The highest BCUT2D eigenvalue weighted by molar-refractivity contribution is 7.92. The summed E-state index contributed by atoms with van der Waals surface area (Å²) in [5, 5.41) is 12.8. The van der Waals surface area contributed by atoms with Gasteiger partial charge in [0.15, 0.2) is 0 Å². The van der Waals surface area contributed by atoms with Crippen LogP contribution in [-0.2, 0) is 14.8 Å². The largest absolute Gasteiger partial charge is 0.468 e. The van der Waals surface area contributed by atoms with Crippen LogP contribution in [0.25, 0.3) is 0 Å². The highest BCUT2D eigenvalue weighted by Gasteiger charge is 2.38. The van der Waals surface area contributed by atoms with Crippen LogP contribution < -0.4 is 14.4 Å². The second kappa shape index (κ2) is 9.71. The van der Waals surface area contributed by atoms with E-state index in [0.717, 1.165) is 30.0 Å². The number of pyridine rings is 1. The van der Waals surface area contributed by atoms with Crippen LogP contribution in [0.15, 0.2) is 41.4 Å². The molecule has 184 valence electrons. The maximum absolute atomic E-state index is 13.5. The van der Waals surface area contributed by atoms with Crippen LogP contribution in [-0.4, -0.2) is 43.7 Å². The van der Waals surface area contributed by atoms with Crippen LogP contribution in [0.2, 0.25) is 5.02 Å². The highest BCUT2D eigenvalue weighted by atomic mass is 35.5. The third-order valence-electron chi connectivity index (χ3n) is 7.04. The number of nitrogens with one attached hydrogen (secondary N) is 1. The molecule has 10 heteroatoms. The zero-order valence-electron chi connectivity index (χ0n) is 19.3. The summed E-state index contributed by atoms with van der Waals surface area (Å²) >= 11 is 6.03. The number of aromatic nitrogens is 1. The number of hydrogen-bond acceptors (Lipinski definition) is 6. The van der Waals surface area contributed by atoms with Crippen molar-refractivity contribution in [2.75, 3.05) is 22.8 Å². The number of amides is 1. The Morgan fingerprint density at radius 1 is 1.32 bits per heavy atom. The molecule has 0 saturated heterocycles. The summed E-state index contributed by atoms with van der Waals surface area (Å²) < 4.78 is 33.8. The van der Waals surface area contributed by atoms with E-state index in [1.54, 1.807) is 18.2 Å². The Kier molecular flexibility index (Phi) is 7.07. The summed E-state index contributed by atoms with van der Waals surface area (Å²) in [6, 6.07) is 7.52. The number of rotatable bonds is 6. The van der Waals surface area contributed by atoms with Crippen molar-refractivity contribution in [2.24, 2.45) is 11.3 Å². The van der Waals surface area contributed by atoms with Gasteiger partial charge in [-0.3, -0.25) is 9.10 Å². The number of aliphatic hydroxyl groups excluding tert-OH is 1. The zero-order valence-corrected chi connectivity index (χ0v) is 20.9. The number of fused-ring (bicyclic) bond motifs is 1. The molecule has 0 radical (unpaired) electrons. The minimum Gasteiger partial charge on any atom is -0.468 e. The molecule has 2 aromatic rings. The zero-order chi connectivity index (χ0) is 24.5. The van der Waals surface area contributed by atoms with Gasteiger partial charge < -0.3 is 15.2 Å². The lowest BCUT2D eigenvalue weighted by Crippen LogP contribution is -2.45. The van der Waals surface area contributed by atoms with Gasteiger partial charge >= 0.3 is 0 Å². The Balaban J connectivity index is 1.64. The number of benzene rings is 1. The molecule has 1 aromatic heterocycles. The van der Waals surface area contributed by atoms with Crippen LogP contribution in [0, 0.1) is 11.3 Å². The van der Waals surface area contributed by atoms with Gasteiger partial charge in [-0.15, -0.1) is 0 Å². The number of halogens is 1. The van der Waals surface area contributed by atoms with Crippen molar-refractivity contribution < 1.29 is 23.1 Å². The van der Waals surface area contributed by atoms with Gasteiger partial charge in [0, 0.05) is 10.9 Å². The number of carbonyl (C=O) groups excluding carboxylic acids is 1. The highest BCUT2D eigenvalue weighted by Crippen LogP contribution is 2.43. The molecule has 1 fully saturated rings. The Hall–Kier alpha value is -2.36. The predicted molar refractivity (Wildman–Crippen MR) is 131 cm³/mol. The quantitative estimate of drug-likeness (QED) is 0.605. The van der Waals surface area contributed by atoms with Gasteiger partial charge in [0.1, 0.15) is 11.8 Å². The van der Waals surface area contributed by atoms with E-state index in [4.69, 9.17) is 16.3 Å². The summed E-state index contributed by atoms with van der Waals surface area (Å²) in [5.41, 5.74) is 0.509. The predicted octanol–water partition coefficient (Wildman–Crippen LogP) is 4.23. The molecule has 2 aliphatic rings. The van der Waals surface area contributed by atoms with E-state index in [2.05, 4.69) is 17.2 Å². The molecule has 2 heterocycles. The molecule has 1 aromatic carbocycles. The molecule has 2 N–H and O–H groups in total. The molecular formula is C24H30ClN3O5S. The van der Waals surface area contributed by atoms with E-state index in [1.165, 1.54) is 24.8 Å². The monoisotopic (exact) mass is 507 g/mol. The second-order valence-electron chi connectivity index (χ2n) is 9.39. The van der Waals surface area contributed by atoms with Crippen molar-refractivity contribution in [3.05, 3.63) is 41.6 Å². The van der Waals surface area contributed by atoms with Crippen molar-refractivity contribution >= 4 is 38.9 Å². The van der Waals surface area contributed by atoms with E-state index in [1.807, 2.05) is 6.92 Å². The van der Waals surface area contributed by atoms with Crippen LogP contribution in [0.4, 0.5) is 11.4 Å². The van der Waals surface area contributed by atoms with Crippen LogP contribution >= 0.6 is 11.6 Å². The molecule has 1 aliphatic carbocycles. The molecule has 1 saturated carbocycles. The molecule has 4 rings (SSSR count). The fourth-order valence-corrected chi connectivity index (χ4v) is 6.48. The minimum absolute atomic E-state index is 0.0119. The molecule has 0 spiro atoms. The maximum Gasteiger partial charge on any atom is 0.264 e. The number of nitrogens with zero attached hydrogens (tertiary/aromatic N) is 2. The van der Waals surface area contributed by atoms with E-state index in [0.29, 0.717) is 5.69 Å². The Morgan fingerprint density at radius 3 is 2.74 bits per heavy atom. The van der Waals surface area contributed by atoms with Crippen LogP contribution in [0.5, 0.6) is 5.88 Å². The van der Waals surface area contributed by atoms with Crippen molar-refractivity contribution in [1.29, 1.82) is 0 Å². The fraction of sp³-hybridized carbons (Fsp3) is 0.500. The summed E-state index contributed by atoms with van der Waals surface area (Å²) in [5.74, 6) is -0.258. The van der Waals surface area contributed by atoms with Gasteiger partial charge in [-0.05, 0) is 42.5 Å². The topological polar surface area (TPSA) is 109 Å². The molecule has 2 unspecified atom stereocenters. The number of ether oxygens (including phenoxy) is 1. The number of aliphatic hydroxyl groups is 1. The molecule has 0 bridgehead atoms.